The quantitative estimate of drug-likeness (QED) is 0.741. The summed E-state index contributed by atoms with van der Waals surface area (Å²) in [5.41, 5.74) is 2.48. The van der Waals surface area contributed by atoms with Crippen LogP contribution in [0.2, 0.25) is 10.0 Å². The minimum Gasteiger partial charge on any atom is -0.340 e. The van der Waals surface area contributed by atoms with Gasteiger partial charge < -0.3 is 5.32 Å². The summed E-state index contributed by atoms with van der Waals surface area (Å²) in [6.07, 6.45) is 2.40. The molecule has 1 unspecified atom stereocenters. The molecule has 0 bridgehead atoms. The second-order valence-corrected chi connectivity index (χ2v) is 5.93. The smallest absolute Gasteiger partial charge is 0.266 e. The Bertz CT molecular complexity index is 514. The average Bonchev–Trinajstić information content (AvgIpc) is 2.43. The van der Waals surface area contributed by atoms with E-state index in [9.17, 15) is 9.59 Å². The SMILES string of the molecule is CONC(=O)C(CCSC)NC(=O)c1ccc(Cl)cc1Cl. The van der Waals surface area contributed by atoms with Crippen LogP contribution in [0.1, 0.15) is 16.8 Å². The normalized spacial score (nSPS) is 11.8. The summed E-state index contributed by atoms with van der Waals surface area (Å²) < 4.78 is 0. The molecule has 0 saturated carbocycles. The first-order valence-electron chi connectivity index (χ1n) is 6.07. The molecule has 21 heavy (non-hydrogen) atoms. The van der Waals surface area contributed by atoms with Crippen molar-refractivity contribution in [1.82, 2.24) is 10.8 Å². The van der Waals surface area contributed by atoms with Gasteiger partial charge >= 0.3 is 0 Å². The van der Waals surface area contributed by atoms with Gasteiger partial charge in [0.25, 0.3) is 11.8 Å². The first-order chi connectivity index (χ1) is 9.99. The molecule has 0 aliphatic heterocycles. The molecular formula is C13H16Cl2N2O3S. The van der Waals surface area contributed by atoms with Crippen molar-refractivity contribution in [2.75, 3.05) is 19.1 Å². The van der Waals surface area contributed by atoms with Crippen molar-refractivity contribution < 1.29 is 14.4 Å². The molecule has 1 atom stereocenters. The third kappa shape index (κ3) is 5.74. The molecule has 1 aromatic carbocycles. The Hall–Kier alpha value is -0.950. The van der Waals surface area contributed by atoms with Gasteiger partial charge in [0.2, 0.25) is 0 Å². The Balaban J connectivity index is 2.81. The van der Waals surface area contributed by atoms with Gasteiger partial charge in [0.1, 0.15) is 6.04 Å². The number of rotatable bonds is 7. The number of benzene rings is 1. The summed E-state index contributed by atoms with van der Waals surface area (Å²) in [6.45, 7) is 0. The molecular weight excluding hydrogens is 335 g/mol. The zero-order valence-electron chi connectivity index (χ0n) is 11.6. The molecule has 0 saturated heterocycles. The van der Waals surface area contributed by atoms with Crippen LogP contribution in [-0.2, 0) is 9.63 Å². The topological polar surface area (TPSA) is 67.4 Å². The molecule has 0 aliphatic carbocycles. The van der Waals surface area contributed by atoms with Gasteiger partial charge in [0.15, 0.2) is 0 Å². The number of hydrogen-bond acceptors (Lipinski definition) is 4. The van der Waals surface area contributed by atoms with E-state index in [0.29, 0.717) is 11.4 Å². The lowest BCUT2D eigenvalue weighted by molar-refractivity contribution is -0.133. The van der Waals surface area contributed by atoms with Gasteiger partial charge in [-0.05, 0) is 36.6 Å². The molecule has 2 amide bonds. The number of nitrogens with one attached hydrogen (secondary N) is 2. The maximum absolute atomic E-state index is 12.2. The highest BCUT2D eigenvalue weighted by Gasteiger charge is 2.22. The molecule has 116 valence electrons. The molecule has 0 fully saturated rings. The molecule has 0 aliphatic rings. The van der Waals surface area contributed by atoms with Gasteiger partial charge in [-0.1, -0.05) is 23.2 Å². The van der Waals surface area contributed by atoms with Crippen LogP contribution in [0, 0.1) is 0 Å². The summed E-state index contributed by atoms with van der Waals surface area (Å²) in [4.78, 5) is 28.6. The second kappa shape index (κ2) is 9.15. The number of carbonyl (C=O) groups is 2. The molecule has 0 spiro atoms. The lowest BCUT2D eigenvalue weighted by Gasteiger charge is -2.17. The molecule has 0 radical (unpaired) electrons. The standard InChI is InChI=1S/C13H16Cl2N2O3S/c1-20-17-13(19)11(5-6-21-2)16-12(18)9-4-3-8(14)7-10(9)15/h3-4,7,11H,5-6H2,1-2H3,(H,16,18)(H,17,19). The fraction of sp³-hybridized carbons (Fsp3) is 0.385. The van der Waals surface area contributed by atoms with Crippen molar-refractivity contribution in [1.29, 1.82) is 0 Å². The molecule has 1 aromatic rings. The third-order valence-electron chi connectivity index (χ3n) is 2.61. The van der Waals surface area contributed by atoms with Crippen LogP contribution in [0.25, 0.3) is 0 Å². The number of hydroxylamine groups is 1. The van der Waals surface area contributed by atoms with Crippen molar-refractivity contribution >= 4 is 46.8 Å². The Morgan fingerprint density at radius 3 is 2.67 bits per heavy atom. The van der Waals surface area contributed by atoms with Crippen LogP contribution < -0.4 is 10.8 Å². The predicted octanol–water partition coefficient (Wildman–Crippen LogP) is 2.52. The zero-order valence-corrected chi connectivity index (χ0v) is 13.9. The molecule has 5 nitrogen and oxygen atoms in total. The van der Waals surface area contributed by atoms with E-state index in [1.165, 1.54) is 19.2 Å². The van der Waals surface area contributed by atoms with Crippen LogP contribution in [0.15, 0.2) is 18.2 Å². The Labute approximate surface area is 137 Å². The van der Waals surface area contributed by atoms with Gasteiger partial charge in [0.05, 0.1) is 17.7 Å². The fourth-order valence-electron chi connectivity index (χ4n) is 1.59. The molecule has 2 N–H and O–H groups in total. The number of hydrogen-bond donors (Lipinski definition) is 2. The van der Waals surface area contributed by atoms with Crippen LogP contribution in [0.4, 0.5) is 0 Å². The van der Waals surface area contributed by atoms with E-state index >= 15 is 0 Å². The van der Waals surface area contributed by atoms with Crippen molar-refractivity contribution in [3.8, 4) is 0 Å². The maximum Gasteiger partial charge on any atom is 0.266 e. The van der Waals surface area contributed by atoms with Crippen molar-refractivity contribution in [2.45, 2.75) is 12.5 Å². The van der Waals surface area contributed by atoms with E-state index in [2.05, 4.69) is 15.6 Å². The lowest BCUT2D eigenvalue weighted by Crippen LogP contribution is -2.46. The summed E-state index contributed by atoms with van der Waals surface area (Å²) in [6, 6.07) is 3.86. The van der Waals surface area contributed by atoms with Crippen LogP contribution in [0.3, 0.4) is 0 Å². The summed E-state index contributed by atoms with van der Waals surface area (Å²) >= 11 is 13.3. The number of thioether (sulfide) groups is 1. The van der Waals surface area contributed by atoms with E-state index in [1.807, 2.05) is 6.26 Å². The van der Waals surface area contributed by atoms with E-state index < -0.39 is 17.9 Å². The summed E-state index contributed by atoms with van der Waals surface area (Å²) in [5, 5.41) is 3.31. The molecule has 1 rings (SSSR count). The van der Waals surface area contributed by atoms with Crippen LogP contribution >= 0.6 is 35.0 Å². The molecule has 0 aromatic heterocycles. The fourth-order valence-corrected chi connectivity index (χ4v) is 2.55. The summed E-state index contributed by atoms with van der Waals surface area (Å²) in [5.74, 6) is -0.129. The van der Waals surface area contributed by atoms with E-state index in [0.717, 1.165) is 5.75 Å². The van der Waals surface area contributed by atoms with Crippen LogP contribution in [0.5, 0.6) is 0 Å². The first kappa shape index (κ1) is 18.1. The van der Waals surface area contributed by atoms with Crippen molar-refractivity contribution in [3.63, 3.8) is 0 Å². The molecule has 8 heteroatoms. The van der Waals surface area contributed by atoms with Crippen molar-refractivity contribution in [3.05, 3.63) is 33.8 Å². The number of halogens is 2. The largest absolute Gasteiger partial charge is 0.340 e. The summed E-state index contributed by atoms with van der Waals surface area (Å²) in [7, 11) is 1.33. The minimum absolute atomic E-state index is 0.232. The minimum atomic E-state index is -0.698. The predicted molar refractivity (Wildman–Crippen MR) is 85.9 cm³/mol. The number of carbonyl (C=O) groups excluding carboxylic acids is 2. The van der Waals surface area contributed by atoms with E-state index in [4.69, 9.17) is 23.2 Å². The van der Waals surface area contributed by atoms with E-state index in [1.54, 1.807) is 17.8 Å². The highest BCUT2D eigenvalue weighted by molar-refractivity contribution is 7.98. The average molecular weight is 351 g/mol. The highest BCUT2D eigenvalue weighted by atomic mass is 35.5. The maximum atomic E-state index is 12.2. The van der Waals surface area contributed by atoms with Gasteiger partial charge in [-0.25, -0.2) is 5.48 Å². The Morgan fingerprint density at radius 1 is 1.38 bits per heavy atom. The monoisotopic (exact) mass is 350 g/mol. The highest BCUT2D eigenvalue weighted by Crippen LogP contribution is 2.21. The lowest BCUT2D eigenvalue weighted by atomic mass is 10.1. The Kier molecular flexibility index (Phi) is 7.88. The van der Waals surface area contributed by atoms with Gasteiger partial charge in [0, 0.05) is 5.02 Å². The van der Waals surface area contributed by atoms with Crippen LogP contribution in [-0.4, -0.2) is 37.0 Å². The van der Waals surface area contributed by atoms with E-state index in [-0.39, 0.29) is 10.6 Å². The Morgan fingerprint density at radius 2 is 2.10 bits per heavy atom. The molecule has 0 heterocycles. The first-order valence-corrected chi connectivity index (χ1v) is 8.22. The van der Waals surface area contributed by atoms with Crippen molar-refractivity contribution in [2.24, 2.45) is 0 Å². The second-order valence-electron chi connectivity index (χ2n) is 4.10. The van der Waals surface area contributed by atoms with Gasteiger partial charge in [-0.2, -0.15) is 11.8 Å². The number of amides is 2. The van der Waals surface area contributed by atoms with Gasteiger partial charge in [-0.15, -0.1) is 0 Å². The zero-order chi connectivity index (χ0) is 15.8. The van der Waals surface area contributed by atoms with Gasteiger partial charge in [-0.3, -0.25) is 14.4 Å². The third-order valence-corrected chi connectivity index (χ3v) is 3.80.